The highest BCUT2D eigenvalue weighted by molar-refractivity contribution is 7.12. The fourth-order valence-electron chi connectivity index (χ4n) is 1.92. The highest BCUT2D eigenvalue weighted by Gasteiger charge is 2.20. The van der Waals surface area contributed by atoms with Crippen molar-refractivity contribution in [3.8, 4) is 0 Å². The van der Waals surface area contributed by atoms with Gasteiger partial charge in [0.25, 0.3) is 5.69 Å². The summed E-state index contributed by atoms with van der Waals surface area (Å²) in [6.07, 6.45) is 0. The predicted molar refractivity (Wildman–Crippen MR) is 74.1 cm³/mol. The first-order chi connectivity index (χ1) is 9.38. The molecule has 0 spiro atoms. The molecule has 2 rings (SSSR count). The van der Waals surface area contributed by atoms with Gasteiger partial charge in [-0.3, -0.25) is 10.1 Å². The van der Waals surface area contributed by atoms with Crippen molar-refractivity contribution in [2.45, 2.75) is 20.4 Å². The summed E-state index contributed by atoms with van der Waals surface area (Å²) in [5, 5.41) is 13.5. The molecule has 20 heavy (non-hydrogen) atoms. The van der Waals surface area contributed by atoms with Gasteiger partial charge < -0.3 is 5.32 Å². The number of benzene rings is 1. The zero-order chi connectivity index (χ0) is 14.9. The first-order valence-electron chi connectivity index (χ1n) is 5.81. The van der Waals surface area contributed by atoms with Crippen molar-refractivity contribution >= 4 is 22.7 Å². The van der Waals surface area contributed by atoms with Crippen molar-refractivity contribution in [3.63, 3.8) is 0 Å². The topological polar surface area (TPSA) is 55.2 Å². The molecular weight excluding hydrogens is 286 g/mol. The van der Waals surface area contributed by atoms with Crippen molar-refractivity contribution < 1.29 is 13.7 Å². The van der Waals surface area contributed by atoms with Gasteiger partial charge in [-0.05, 0) is 25.5 Å². The molecule has 7 heteroatoms. The molecule has 1 aromatic heterocycles. The molecule has 0 radical (unpaired) electrons. The summed E-state index contributed by atoms with van der Waals surface area (Å²) in [5.74, 6) is -1.94. The van der Waals surface area contributed by atoms with Crippen LogP contribution < -0.4 is 5.32 Å². The Hall–Kier alpha value is -2.02. The smallest absolute Gasteiger partial charge is 0.298 e. The summed E-state index contributed by atoms with van der Waals surface area (Å²) in [6, 6.07) is 3.26. The Labute approximate surface area is 118 Å². The van der Waals surface area contributed by atoms with Crippen LogP contribution in [0.15, 0.2) is 18.2 Å². The number of hydrogen-bond donors (Lipinski definition) is 1. The van der Waals surface area contributed by atoms with Gasteiger partial charge in [0.2, 0.25) is 0 Å². The van der Waals surface area contributed by atoms with Crippen molar-refractivity contribution in [2.24, 2.45) is 0 Å². The Morgan fingerprint density at radius 3 is 2.55 bits per heavy atom. The Morgan fingerprint density at radius 1 is 1.30 bits per heavy atom. The number of aryl methyl sites for hydroxylation is 2. The van der Waals surface area contributed by atoms with E-state index in [1.165, 1.54) is 0 Å². The molecule has 106 valence electrons. The van der Waals surface area contributed by atoms with Gasteiger partial charge in [-0.2, -0.15) is 0 Å². The Bertz CT molecular complexity index is 671. The third-order valence-corrected chi connectivity index (χ3v) is 3.84. The van der Waals surface area contributed by atoms with Crippen molar-refractivity contribution in [2.75, 3.05) is 5.32 Å². The second kappa shape index (κ2) is 5.54. The number of nitrogens with zero attached hydrogens (tertiary/aromatic N) is 1. The minimum Gasteiger partial charge on any atom is -0.373 e. The van der Waals surface area contributed by atoms with Gasteiger partial charge in [-0.15, -0.1) is 11.3 Å². The highest BCUT2D eigenvalue weighted by Crippen LogP contribution is 2.30. The number of nitro benzene ring substituents is 1. The lowest BCUT2D eigenvalue weighted by molar-refractivity contribution is -0.384. The second-order valence-electron chi connectivity index (χ2n) is 4.33. The SMILES string of the molecule is Cc1cc(CNc2c(F)cc(F)cc2[N+](=O)[O-])c(C)s1. The number of hydrogen-bond acceptors (Lipinski definition) is 4. The number of halogens is 2. The third-order valence-electron chi connectivity index (χ3n) is 2.83. The fraction of sp³-hybridized carbons (Fsp3) is 0.231. The van der Waals surface area contributed by atoms with E-state index in [0.717, 1.165) is 15.3 Å². The van der Waals surface area contributed by atoms with Crippen LogP contribution >= 0.6 is 11.3 Å². The first kappa shape index (κ1) is 14.4. The van der Waals surface area contributed by atoms with E-state index in [2.05, 4.69) is 5.32 Å². The summed E-state index contributed by atoms with van der Waals surface area (Å²) in [4.78, 5) is 12.2. The van der Waals surface area contributed by atoms with Crippen LogP contribution in [0.2, 0.25) is 0 Å². The van der Waals surface area contributed by atoms with E-state index in [1.54, 1.807) is 11.3 Å². The summed E-state index contributed by atoms with van der Waals surface area (Å²) in [6.45, 7) is 4.12. The van der Waals surface area contributed by atoms with Crippen LogP contribution in [-0.4, -0.2) is 4.92 Å². The van der Waals surface area contributed by atoms with Gasteiger partial charge in [0.1, 0.15) is 11.5 Å². The molecule has 1 aromatic carbocycles. The van der Waals surface area contributed by atoms with Gasteiger partial charge in [0, 0.05) is 22.4 Å². The average Bonchev–Trinajstić information content (AvgIpc) is 2.65. The summed E-state index contributed by atoms with van der Waals surface area (Å²) in [5.41, 5.74) is 0.0391. The molecule has 0 bridgehead atoms. The first-order valence-corrected chi connectivity index (χ1v) is 6.63. The molecule has 2 aromatic rings. The standard InChI is InChI=1S/C13H12F2N2O2S/c1-7-3-9(8(2)20-7)6-16-13-11(15)4-10(14)5-12(13)17(18)19/h3-5,16H,6H2,1-2H3. The van der Waals surface area contributed by atoms with Crippen LogP contribution in [0.1, 0.15) is 15.3 Å². The van der Waals surface area contributed by atoms with E-state index in [-0.39, 0.29) is 12.2 Å². The monoisotopic (exact) mass is 298 g/mol. The summed E-state index contributed by atoms with van der Waals surface area (Å²) >= 11 is 1.59. The van der Waals surface area contributed by atoms with Crippen LogP contribution in [-0.2, 0) is 6.54 Å². The van der Waals surface area contributed by atoms with E-state index in [4.69, 9.17) is 0 Å². The lowest BCUT2D eigenvalue weighted by atomic mass is 10.2. The molecule has 0 unspecified atom stereocenters. The molecule has 0 amide bonds. The zero-order valence-electron chi connectivity index (χ0n) is 10.9. The van der Waals surface area contributed by atoms with Crippen molar-refractivity contribution in [1.29, 1.82) is 0 Å². The number of nitro groups is 1. The van der Waals surface area contributed by atoms with E-state index in [9.17, 15) is 18.9 Å². The van der Waals surface area contributed by atoms with Gasteiger partial charge >= 0.3 is 0 Å². The molecule has 0 aliphatic heterocycles. The molecule has 0 atom stereocenters. The molecule has 0 saturated heterocycles. The van der Waals surface area contributed by atoms with Gasteiger partial charge in [0.15, 0.2) is 5.82 Å². The van der Waals surface area contributed by atoms with Gasteiger partial charge in [-0.25, -0.2) is 8.78 Å². The summed E-state index contributed by atoms with van der Waals surface area (Å²) < 4.78 is 26.7. The average molecular weight is 298 g/mol. The van der Waals surface area contributed by atoms with E-state index in [1.807, 2.05) is 19.9 Å². The maximum atomic E-state index is 13.7. The Kier molecular flexibility index (Phi) is 3.99. The fourth-order valence-corrected chi connectivity index (χ4v) is 2.87. The van der Waals surface area contributed by atoms with Crippen molar-refractivity contribution in [1.82, 2.24) is 0 Å². The lowest BCUT2D eigenvalue weighted by Gasteiger charge is -2.08. The van der Waals surface area contributed by atoms with Crippen LogP contribution in [0, 0.1) is 35.6 Å². The molecule has 0 aliphatic rings. The minimum atomic E-state index is -0.971. The van der Waals surface area contributed by atoms with Gasteiger partial charge in [-0.1, -0.05) is 0 Å². The maximum absolute atomic E-state index is 13.7. The number of nitrogens with one attached hydrogen (secondary N) is 1. The quantitative estimate of drug-likeness (QED) is 0.681. The molecular formula is C13H12F2N2O2S. The minimum absolute atomic E-state index is 0.250. The second-order valence-corrected chi connectivity index (χ2v) is 5.79. The predicted octanol–water partition coefficient (Wildman–Crippen LogP) is 4.16. The normalized spacial score (nSPS) is 10.6. The molecule has 4 nitrogen and oxygen atoms in total. The van der Waals surface area contributed by atoms with Crippen LogP contribution in [0.4, 0.5) is 20.2 Å². The zero-order valence-corrected chi connectivity index (χ0v) is 11.7. The maximum Gasteiger partial charge on any atom is 0.298 e. The van der Waals surface area contributed by atoms with E-state index >= 15 is 0 Å². The van der Waals surface area contributed by atoms with Crippen LogP contribution in [0.25, 0.3) is 0 Å². The van der Waals surface area contributed by atoms with E-state index in [0.29, 0.717) is 12.1 Å². The van der Waals surface area contributed by atoms with Crippen LogP contribution in [0.3, 0.4) is 0 Å². The number of anilines is 1. The van der Waals surface area contributed by atoms with E-state index < -0.39 is 22.2 Å². The largest absolute Gasteiger partial charge is 0.373 e. The third kappa shape index (κ3) is 2.93. The lowest BCUT2D eigenvalue weighted by Crippen LogP contribution is -2.05. The Morgan fingerprint density at radius 2 is 2.00 bits per heavy atom. The van der Waals surface area contributed by atoms with Crippen LogP contribution in [0.5, 0.6) is 0 Å². The molecule has 0 fully saturated rings. The number of thiophene rings is 1. The summed E-state index contributed by atoms with van der Waals surface area (Å²) in [7, 11) is 0. The Balaban J connectivity index is 2.29. The molecule has 0 saturated carbocycles. The number of rotatable bonds is 4. The highest BCUT2D eigenvalue weighted by atomic mass is 32.1. The molecule has 0 aliphatic carbocycles. The van der Waals surface area contributed by atoms with Gasteiger partial charge in [0.05, 0.1) is 11.0 Å². The molecule has 1 N–H and O–H groups in total. The van der Waals surface area contributed by atoms with Crippen molar-refractivity contribution in [3.05, 3.63) is 55.3 Å². The molecule has 1 heterocycles.